The molecule has 0 bridgehead atoms. The van der Waals surface area contributed by atoms with Gasteiger partial charge in [-0.1, -0.05) is 0 Å². The first-order valence-corrected chi connectivity index (χ1v) is 9.18. The number of nitrogens with zero attached hydrogens (tertiary/aromatic N) is 2. The molecule has 1 aromatic heterocycles. The SMILES string of the molecule is Cc1ccnc(NS(=O)(=O)c2ccc(N3C(=O)CCC3=O)c(C)c2)c1. The van der Waals surface area contributed by atoms with Crippen molar-refractivity contribution in [1.29, 1.82) is 0 Å². The molecule has 130 valence electrons. The van der Waals surface area contributed by atoms with Crippen LogP contribution in [0.1, 0.15) is 24.0 Å². The molecule has 0 saturated carbocycles. The highest BCUT2D eigenvalue weighted by Gasteiger charge is 2.31. The smallest absolute Gasteiger partial charge is 0.263 e. The summed E-state index contributed by atoms with van der Waals surface area (Å²) in [5.41, 5.74) is 1.83. The highest BCUT2D eigenvalue weighted by molar-refractivity contribution is 7.92. The van der Waals surface area contributed by atoms with Gasteiger partial charge in [0, 0.05) is 19.0 Å². The summed E-state index contributed by atoms with van der Waals surface area (Å²) in [5.74, 6) is -0.316. The second-order valence-electron chi connectivity index (χ2n) is 5.90. The fourth-order valence-electron chi connectivity index (χ4n) is 2.68. The molecule has 1 aromatic carbocycles. The largest absolute Gasteiger partial charge is 0.274 e. The number of aryl methyl sites for hydroxylation is 2. The van der Waals surface area contributed by atoms with E-state index >= 15 is 0 Å². The summed E-state index contributed by atoms with van der Waals surface area (Å²) in [7, 11) is -3.82. The third-order valence-electron chi connectivity index (χ3n) is 3.93. The van der Waals surface area contributed by atoms with Gasteiger partial charge in [-0.3, -0.25) is 19.2 Å². The first kappa shape index (κ1) is 17.1. The van der Waals surface area contributed by atoms with E-state index in [9.17, 15) is 18.0 Å². The van der Waals surface area contributed by atoms with Gasteiger partial charge in [0.2, 0.25) is 11.8 Å². The van der Waals surface area contributed by atoms with Crippen LogP contribution in [0.2, 0.25) is 0 Å². The van der Waals surface area contributed by atoms with E-state index in [1.54, 1.807) is 19.1 Å². The molecule has 0 spiro atoms. The number of carbonyl (C=O) groups excluding carboxylic acids is 2. The number of aromatic nitrogens is 1. The first-order valence-electron chi connectivity index (χ1n) is 7.70. The number of nitrogens with one attached hydrogen (secondary N) is 1. The number of benzene rings is 1. The standard InChI is InChI=1S/C17H17N3O4S/c1-11-7-8-18-15(9-11)19-25(23,24)13-3-4-14(12(2)10-13)20-16(21)5-6-17(20)22/h3-4,7-10H,5-6H2,1-2H3,(H,18,19). The van der Waals surface area contributed by atoms with E-state index < -0.39 is 10.0 Å². The van der Waals surface area contributed by atoms with E-state index in [-0.39, 0.29) is 35.4 Å². The van der Waals surface area contributed by atoms with E-state index in [2.05, 4.69) is 9.71 Å². The molecule has 1 saturated heterocycles. The van der Waals surface area contributed by atoms with Crippen molar-refractivity contribution in [2.45, 2.75) is 31.6 Å². The van der Waals surface area contributed by atoms with E-state index in [0.29, 0.717) is 11.3 Å². The second kappa shape index (κ2) is 6.29. The van der Waals surface area contributed by atoms with Crippen LogP contribution in [0.3, 0.4) is 0 Å². The van der Waals surface area contributed by atoms with Gasteiger partial charge in [0.25, 0.3) is 10.0 Å². The van der Waals surface area contributed by atoms with Crippen molar-refractivity contribution in [2.24, 2.45) is 0 Å². The molecule has 0 unspecified atom stereocenters. The number of amides is 2. The zero-order valence-electron chi connectivity index (χ0n) is 13.8. The lowest BCUT2D eigenvalue weighted by molar-refractivity contribution is -0.121. The van der Waals surface area contributed by atoms with Crippen LogP contribution in [0.15, 0.2) is 41.4 Å². The van der Waals surface area contributed by atoms with E-state index in [4.69, 9.17) is 0 Å². The minimum Gasteiger partial charge on any atom is -0.274 e. The van der Waals surface area contributed by atoms with E-state index in [0.717, 1.165) is 10.5 Å². The fraction of sp³-hybridized carbons (Fsp3) is 0.235. The number of imide groups is 1. The van der Waals surface area contributed by atoms with Crippen molar-refractivity contribution in [1.82, 2.24) is 4.98 Å². The minimum atomic E-state index is -3.82. The average Bonchev–Trinajstić information content (AvgIpc) is 2.86. The maximum Gasteiger partial charge on any atom is 0.263 e. The molecule has 1 fully saturated rings. The van der Waals surface area contributed by atoms with Crippen LogP contribution in [-0.2, 0) is 19.6 Å². The number of pyridine rings is 1. The molecular formula is C17H17N3O4S. The number of rotatable bonds is 4. The third kappa shape index (κ3) is 3.39. The topological polar surface area (TPSA) is 96.4 Å². The Kier molecular flexibility index (Phi) is 4.30. The van der Waals surface area contributed by atoms with Gasteiger partial charge >= 0.3 is 0 Å². The molecule has 0 radical (unpaired) electrons. The Morgan fingerprint density at radius 2 is 1.72 bits per heavy atom. The lowest BCUT2D eigenvalue weighted by atomic mass is 10.2. The van der Waals surface area contributed by atoms with Gasteiger partial charge in [0.1, 0.15) is 5.82 Å². The molecule has 7 nitrogen and oxygen atoms in total. The fourth-order valence-corrected chi connectivity index (χ4v) is 3.76. The monoisotopic (exact) mass is 359 g/mol. The highest BCUT2D eigenvalue weighted by atomic mass is 32.2. The van der Waals surface area contributed by atoms with Crippen molar-refractivity contribution in [2.75, 3.05) is 9.62 Å². The summed E-state index contributed by atoms with van der Waals surface area (Å²) in [5, 5.41) is 0. The van der Waals surface area contributed by atoms with Crippen molar-refractivity contribution in [3.63, 3.8) is 0 Å². The Bertz CT molecular complexity index is 954. The number of sulfonamides is 1. The summed E-state index contributed by atoms with van der Waals surface area (Å²) in [4.78, 5) is 28.9. The molecule has 2 amide bonds. The van der Waals surface area contributed by atoms with Crippen molar-refractivity contribution in [3.8, 4) is 0 Å². The molecule has 1 N–H and O–H groups in total. The van der Waals surface area contributed by atoms with Gasteiger partial charge < -0.3 is 0 Å². The zero-order valence-corrected chi connectivity index (χ0v) is 14.6. The Morgan fingerprint density at radius 3 is 2.32 bits per heavy atom. The molecule has 25 heavy (non-hydrogen) atoms. The molecule has 1 aliphatic heterocycles. The quantitative estimate of drug-likeness (QED) is 0.844. The van der Waals surface area contributed by atoms with Gasteiger partial charge in [-0.15, -0.1) is 0 Å². The number of hydrogen-bond donors (Lipinski definition) is 1. The minimum absolute atomic E-state index is 0.0381. The summed E-state index contributed by atoms with van der Waals surface area (Å²) in [6, 6.07) is 7.68. The van der Waals surface area contributed by atoms with Crippen molar-refractivity contribution in [3.05, 3.63) is 47.7 Å². The van der Waals surface area contributed by atoms with Gasteiger partial charge in [-0.2, -0.15) is 0 Å². The predicted molar refractivity (Wildman–Crippen MR) is 92.7 cm³/mol. The molecule has 0 aliphatic carbocycles. The molecule has 1 aliphatic rings. The van der Waals surface area contributed by atoms with Crippen LogP contribution in [0, 0.1) is 13.8 Å². The average molecular weight is 359 g/mol. The van der Waals surface area contributed by atoms with Gasteiger partial charge in [0.15, 0.2) is 0 Å². The first-order chi connectivity index (χ1) is 11.8. The van der Waals surface area contributed by atoms with Gasteiger partial charge in [-0.05, 0) is 55.3 Å². The van der Waals surface area contributed by atoms with Crippen molar-refractivity contribution >= 4 is 33.3 Å². The third-order valence-corrected chi connectivity index (χ3v) is 5.28. The lowest BCUT2D eigenvalue weighted by Crippen LogP contribution is -2.29. The highest BCUT2D eigenvalue weighted by Crippen LogP contribution is 2.28. The Morgan fingerprint density at radius 1 is 1.04 bits per heavy atom. The molecule has 2 heterocycles. The maximum atomic E-state index is 12.5. The van der Waals surface area contributed by atoms with E-state index in [1.807, 2.05) is 6.92 Å². The normalized spacial score (nSPS) is 14.9. The zero-order chi connectivity index (χ0) is 18.2. The lowest BCUT2D eigenvalue weighted by Gasteiger charge is -2.17. The summed E-state index contributed by atoms with van der Waals surface area (Å²) < 4.78 is 27.5. The molecule has 8 heteroatoms. The number of carbonyl (C=O) groups is 2. The summed E-state index contributed by atoms with van der Waals surface area (Å²) in [6.45, 7) is 3.50. The Balaban J connectivity index is 1.92. The van der Waals surface area contributed by atoms with Crippen LogP contribution >= 0.6 is 0 Å². The number of anilines is 2. The Hall–Kier alpha value is -2.74. The van der Waals surface area contributed by atoms with Gasteiger partial charge in [-0.25, -0.2) is 13.4 Å². The van der Waals surface area contributed by atoms with Crippen LogP contribution in [0.4, 0.5) is 11.5 Å². The molecular weight excluding hydrogens is 342 g/mol. The van der Waals surface area contributed by atoms with Crippen LogP contribution in [0.25, 0.3) is 0 Å². The molecule has 0 atom stereocenters. The van der Waals surface area contributed by atoms with Crippen molar-refractivity contribution < 1.29 is 18.0 Å². The molecule has 3 rings (SSSR count). The Labute approximate surface area is 145 Å². The van der Waals surface area contributed by atoms with Crippen LogP contribution in [0.5, 0.6) is 0 Å². The molecule has 2 aromatic rings. The van der Waals surface area contributed by atoms with Gasteiger partial charge in [0.05, 0.1) is 10.6 Å². The van der Waals surface area contributed by atoms with Crippen LogP contribution in [-0.4, -0.2) is 25.2 Å². The summed E-state index contributed by atoms with van der Waals surface area (Å²) in [6.07, 6.45) is 1.88. The maximum absolute atomic E-state index is 12.5. The second-order valence-corrected chi connectivity index (χ2v) is 7.58. The predicted octanol–water partition coefficient (Wildman–Crippen LogP) is 2.15. The summed E-state index contributed by atoms with van der Waals surface area (Å²) >= 11 is 0. The van der Waals surface area contributed by atoms with E-state index in [1.165, 1.54) is 24.4 Å². The number of hydrogen-bond acceptors (Lipinski definition) is 5. The van der Waals surface area contributed by atoms with Crippen LogP contribution < -0.4 is 9.62 Å².